The van der Waals surface area contributed by atoms with Crippen LogP contribution >= 0.6 is 11.8 Å². The summed E-state index contributed by atoms with van der Waals surface area (Å²) < 4.78 is 6.05. The fourth-order valence-corrected chi connectivity index (χ4v) is 4.47. The molecule has 1 fully saturated rings. The number of amidine groups is 1. The normalized spacial score (nSPS) is 33.0. The Hall–Kier alpha value is -1.82. The lowest BCUT2D eigenvalue weighted by Crippen LogP contribution is -2.58. The monoisotopic (exact) mass is 302 g/mol. The molecule has 21 heavy (non-hydrogen) atoms. The van der Waals surface area contributed by atoms with Crippen LogP contribution in [0.2, 0.25) is 0 Å². The number of hydrogen-bond acceptors (Lipinski definition) is 5. The van der Waals surface area contributed by atoms with Crippen molar-refractivity contribution in [2.75, 3.05) is 5.75 Å². The van der Waals surface area contributed by atoms with E-state index in [1.165, 1.54) is 11.8 Å². The number of aliphatic imine (C=N–C) groups is 1. The first-order valence-corrected chi connectivity index (χ1v) is 7.83. The first-order chi connectivity index (χ1) is 10.0. The zero-order valence-electron chi connectivity index (χ0n) is 11.7. The highest BCUT2D eigenvalue weighted by Gasteiger charge is 2.58. The van der Waals surface area contributed by atoms with Crippen LogP contribution in [0.5, 0.6) is 5.75 Å². The van der Waals surface area contributed by atoms with Crippen molar-refractivity contribution >= 4 is 28.6 Å². The van der Waals surface area contributed by atoms with Crippen LogP contribution in [-0.4, -0.2) is 33.2 Å². The Labute approximate surface area is 126 Å². The zero-order valence-corrected chi connectivity index (χ0v) is 12.5. The van der Waals surface area contributed by atoms with E-state index >= 15 is 0 Å². The van der Waals surface area contributed by atoms with Crippen LogP contribution in [0.15, 0.2) is 29.3 Å². The fraction of sp³-hybridized carbons (Fsp3) is 0.400. The summed E-state index contributed by atoms with van der Waals surface area (Å²) in [5.74, 6) is 0.602. The number of ether oxygens (including phenoxy) is 1. The SMILES string of the molecule is CC(=O)[C@H]1[C@H]2c3ccccc3O[C@@]1(C)N=C1SCC(=O)N12. The number of hydrogen-bond donors (Lipinski definition) is 0. The number of carbonyl (C=O) groups is 2. The van der Waals surface area contributed by atoms with Crippen LogP contribution in [0, 0.1) is 5.92 Å². The van der Waals surface area contributed by atoms with Crippen LogP contribution in [0.1, 0.15) is 25.5 Å². The maximum absolute atomic E-state index is 12.3. The van der Waals surface area contributed by atoms with Crippen LogP contribution in [0.4, 0.5) is 0 Å². The van der Waals surface area contributed by atoms with Crippen molar-refractivity contribution in [2.45, 2.75) is 25.6 Å². The highest BCUT2D eigenvalue weighted by Crippen LogP contribution is 2.52. The molecule has 0 radical (unpaired) electrons. The molecular weight excluding hydrogens is 288 g/mol. The lowest BCUT2D eigenvalue weighted by molar-refractivity contribution is -0.140. The second kappa shape index (κ2) is 4.10. The summed E-state index contributed by atoms with van der Waals surface area (Å²) in [6.45, 7) is 3.37. The molecule has 1 amide bonds. The average molecular weight is 302 g/mol. The van der Waals surface area contributed by atoms with Crippen molar-refractivity contribution in [3.05, 3.63) is 29.8 Å². The van der Waals surface area contributed by atoms with Gasteiger partial charge < -0.3 is 4.74 Å². The fourth-order valence-electron chi connectivity index (χ4n) is 3.48. The van der Waals surface area contributed by atoms with Crippen LogP contribution in [-0.2, 0) is 9.59 Å². The number of ketones is 1. The van der Waals surface area contributed by atoms with Gasteiger partial charge in [-0.1, -0.05) is 30.0 Å². The van der Waals surface area contributed by atoms with Gasteiger partial charge in [-0.05, 0) is 19.9 Å². The lowest BCUT2D eigenvalue weighted by Gasteiger charge is -2.49. The maximum atomic E-state index is 12.3. The number of benzene rings is 1. The first-order valence-electron chi connectivity index (χ1n) is 6.84. The van der Waals surface area contributed by atoms with Crippen molar-refractivity contribution in [2.24, 2.45) is 10.9 Å². The third-order valence-electron chi connectivity index (χ3n) is 4.28. The van der Waals surface area contributed by atoms with E-state index in [0.29, 0.717) is 16.7 Å². The highest BCUT2D eigenvalue weighted by atomic mass is 32.2. The van der Waals surface area contributed by atoms with E-state index in [4.69, 9.17) is 4.74 Å². The van der Waals surface area contributed by atoms with Gasteiger partial charge in [0, 0.05) is 5.56 Å². The summed E-state index contributed by atoms with van der Waals surface area (Å²) in [5, 5.41) is 0.666. The van der Waals surface area contributed by atoms with Crippen LogP contribution < -0.4 is 4.74 Å². The van der Waals surface area contributed by atoms with E-state index in [2.05, 4.69) is 4.99 Å². The van der Waals surface area contributed by atoms with Gasteiger partial charge in [-0.3, -0.25) is 14.5 Å². The van der Waals surface area contributed by atoms with Crippen molar-refractivity contribution < 1.29 is 14.3 Å². The molecule has 0 aliphatic carbocycles. The predicted molar refractivity (Wildman–Crippen MR) is 79.1 cm³/mol. The van der Waals surface area contributed by atoms with Crippen molar-refractivity contribution in [3.8, 4) is 5.75 Å². The van der Waals surface area contributed by atoms with E-state index in [-0.39, 0.29) is 17.7 Å². The number of fused-ring (bicyclic) bond motifs is 6. The molecular formula is C15H14N2O3S. The Morgan fingerprint density at radius 1 is 1.48 bits per heavy atom. The average Bonchev–Trinajstić information content (AvgIpc) is 2.77. The Bertz CT molecular complexity index is 702. The quantitative estimate of drug-likeness (QED) is 0.796. The molecule has 3 aliphatic heterocycles. The summed E-state index contributed by atoms with van der Waals surface area (Å²) in [7, 11) is 0. The molecule has 0 saturated carbocycles. The summed E-state index contributed by atoms with van der Waals surface area (Å²) >= 11 is 1.41. The Morgan fingerprint density at radius 3 is 3.00 bits per heavy atom. The Kier molecular flexibility index (Phi) is 2.52. The Balaban J connectivity index is 1.99. The third-order valence-corrected chi connectivity index (χ3v) is 5.22. The third kappa shape index (κ3) is 1.62. The van der Waals surface area contributed by atoms with Gasteiger partial charge in [0.25, 0.3) is 0 Å². The molecule has 108 valence electrons. The molecule has 6 heteroatoms. The highest BCUT2D eigenvalue weighted by molar-refractivity contribution is 8.15. The molecule has 0 N–H and O–H groups in total. The van der Waals surface area contributed by atoms with E-state index < -0.39 is 11.6 Å². The maximum Gasteiger partial charge on any atom is 0.239 e. The van der Waals surface area contributed by atoms with Crippen molar-refractivity contribution in [1.29, 1.82) is 0 Å². The number of thioether (sulfide) groups is 1. The van der Waals surface area contributed by atoms with E-state index in [9.17, 15) is 9.59 Å². The number of amides is 1. The molecule has 4 rings (SSSR count). The molecule has 3 heterocycles. The zero-order chi connectivity index (χ0) is 14.8. The standard InChI is InChI=1S/C15H14N2O3S/c1-8(18)12-13-9-5-3-4-6-10(9)20-15(12,2)16-14-17(13)11(19)7-21-14/h3-6,12-13H,7H2,1-2H3/t12-,13+,15+/m0/s1. The molecule has 1 aromatic rings. The van der Waals surface area contributed by atoms with Gasteiger partial charge in [0.1, 0.15) is 17.5 Å². The predicted octanol–water partition coefficient (Wildman–Crippen LogP) is 1.99. The molecule has 0 unspecified atom stereocenters. The number of rotatable bonds is 1. The van der Waals surface area contributed by atoms with Gasteiger partial charge in [-0.15, -0.1) is 0 Å². The molecule has 1 aromatic carbocycles. The van der Waals surface area contributed by atoms with Gasteiger partial charge >= 0.3 is 0 Å². The van der Waals surface area contributed by atoms with Gasteiger partial charge in [-0.25, -0.2) is 4.99 Å². The molecule has 3 atom stereocenters. The second-order valence-corrected chi connectivity index (χ2v) is 6.62. The number of para-hydroxylation sites is 1. The second-order valence-electron chi connectivity index (χ2n) is 5.67. The number of carbonyl (C=O) groups excluding carboxylic acids is 2. The topological polar surface area (TPSA) is 59.0 Å². The number of Topliss-reactive ketones (excluding diaryl/α,β-unsaturated/α-hetero) is 1. The minimum Gasteiger partial charge on any atom is -0.465 e. The van der Waals surface area contributed by atoms with Gasteiger partial charge in [0.2, 0.25) is 11.6 Å². The lowest BCUT2D eigenvalue weighted by atomic mass is 9.78. The van der Waals surface area contributed by atoms with E-state index in [0.717, 1.165) is 5.56 Å². The summed E-state index contributed by atoms with van der Waals surface area (Å²) in [6, 6.07) is 7.27. The summed E-state index contributed by atoms with van der Waals surface area (Å²) in [5.41, 5.74) is -0.0488. The molecule has 0 aromatic heterocycles. The smallest absolute Gasteiger partial charge is 0.239 e. The minimum atomic E-state index is -0.936. The first kappa shape index (κ1) is 12.9. The molecule has 5 nitrogen and oxygen atoms in total. The molecule has 0 spiro atoms. The summed E-state index contributed by atoms with van der Waals surface area (Å²) in [4.78, 5) is 30.8. The van der Waals surface area contributed by atoms with Crippen molar-refractivity contribution in [3.63, 3.8) is 0 Å². The largest absolute Gasteiger partial charge is 0.465 e. The Morgan fingerprint density at radius 2 is 2.24 bits per heavy atom. The van der Waals surface area contributed by atoms with Crippen LogP contribution in [0.25, 0.3) is 0 Å². The van der Waals surface area contributed by atoms with E-state index in [1.54, 1.807) is 11.8 Å². The molecule has 2 bridgehead atoms. The van der Waals surface area contributed by atoms with Gasteiger partial charge in [0.05, 0.1) is 11.8 Å². The number of nitrogens with zero attached hydrogens (tertiary/aromatic N) is 2. The molecule has 1 saturated heterocycles. The van der Waals surface area contributed by atoms with Crippen LogP contribution in [0.3, 0.4) is 0 Å². The minimum absolute atomic E-state index is 0.00810. The van der Waals surface area contributed by atoms with Gasteiger partial charge in [-0.2, -0.15) is 0 Å². The molecule has 3 aliphatic rings. The van der Waals surface area contributed by atoms with E-state index in [1.807, 2.05) is 31.2 Å². The van der Waals surface area contributed by atoms with Crippen molar-refractivity contribution in [1.82, 2.24) is 4.90 Å². The van der Waals surface area contributed by atoms with Gasteiger partial charge in [0.15, 0.2) is 5.17 Å². The summed E-state index contributed by atoms with van der Waals surface area (Å²) in [6.07, 6.45) is 0.